The Morgan fingerprint density at radius 2 is 1.91 bits per heavy atom. The Morgan fingerprint density at radius 3 is 2.71 bits per heavy atom. The number of hydrogen-bond acceptors (Lipinski definition) is 5. The van der Waals surface area contributed by atoms with Crippen LogP contribution in [0.4, 0.5) is 5.69 Å². The van der Waals surface area contributed by atoms with E-state index >= 15 is 0 Å². The van der Waals surface area contributed by atoms with E-state index in [1.807, 2.05) is 6.07 Å². The van der Waals surface area contributed by atoms with Gasteiger partial charge in [0.1, 0.15) is 10.9 Å². The standard InChI is InChI=1S/C28H34ClN3O2/c1-3-4-8-20-17-21-19-32(12-7-11-31-13-15-34-16-14-31)27-22-9-5-6-10-24(22)30-28(29)26(27)23(21)18-25(20)33-2/h5-6,9-10,17-18H,3-4,7-8,11-16,19H2,1-2H3. The topological polar surface area (TPSA) is 37.8 Å². The number of para-hydroxylation sites is 1. The number of methoxy groups -OCH3 is 1. The van der Waals surface area contributed by atoms with E-state index in [0.717, 1.165) is 93.0 Å². The molecule has 1 saturated heterocycles. The predicted molar refractivity (Wildman–Crippen MR) is 140 cm³/mol. The molecule has 0 N–H and O–H groups in total. The lowest BCUT2D eigenvalue weighted by molar-refractivity contribution is 0.0376. The van der Waals surface area contributed by atoms with Crippen molar-refractivity contribution in [2.24, 2.45) is 0 Å². The minimum absolute atomic E-state index is 0.566. The molecule has 1 fully saturated rings. The minimum atomic E-state index is 0.566. The van der Waals surface area contributed by atoms with Crippen LogP contribution in [0.5, 0.6) is 5.75 Å². The van der Waals surface area contributed by atoms with Gasteiger partial charge in [-0.05, 0) is 54.2 Å². The number of aryl methyl sites for hydroxylation is 1. The second kappa shape index (κ2) is 10.5. The first-order valence-corrected chi connectivity index (χ1v) is 12.9. The summed E-state index contributed by atoms with van der Waals surface area (Å²) < 4.78 is 11.3. The van der Waals surface area contributed by atoms with Crippen LogP contribution in [0.2, 0.25) is 5.15 Å². The molecule has 0 atom stereocenters. The van der Waals surface area contributed by atoms with Gasteiger partial charge in [0.2, 0.25) is 0 Å². The van der Waals surface area contributed by atoms with Crippen LogP contribution < -0.4 is 9.64 Å². The Balaban J connectivity index is 1.55. The number of fused-ring (bicyclic) bond motifs is 5. The maximum Gasteiger partial charge on any atom is 0.139 e. The van der Waals surface area contributed by atoms with E-state index in [2.05, 4.69) is 47.1 Å². The van der Waals surface area contributed by atoms with Gasteiger partial charge in [0.25, 0.3) is 0 Å². The van der Waals surface area contributed by atoms with Crippen LogP contribution >= 0.6 is 11.6 Å². The van der Waals surface area contributed by atoms with Gasteiger partial charge in [-0.25, -0.2) is 4.98 Å². The quantitative estimate of drug-likeness (QED) is 0.373. The van der Waals surface area contributed by atoms with Gasteiger partial charge in [0, 0.05) is 43.7 Å². The van der Waals surface area contributed by atoms with E-state index in [1.165, 1.54) is 23.2 Å². The van der Waals surface area contributed by atoms with Crippen LogP contribution in [0.25, 0.3) is 22.0 Å². The van der Waals surface area contributed by atoms with Gasteiger partial charge in [-0.1, -0.05) is 43.1 Å². The summed E-state index contributed by atoms with van der Waals surface area (Å²) in [5.74, 6) is 0.947. The van der Waals surface area contributed by atoms with Crippen LogP contribution in [0.1, 0.15) is 37.3 Å². The van der Waals surface area contributed by atoms with Crippen molar-refractivity contribution in [3.05, 3.63) is 52.7 Å². The molecule has 3 heterocycles. The zero-order valence-corrected chi connectivity index (χ0v) is 21.0. The molecule has 2 aromatic carbocycles. The molecule has 2 aliphatic rings. The SMILES string of the molecule is CCCCc1cc2c(cc1OC)-c1c(Cl)nc3ccccc3c1N(CCCN1CCOCC1)C2. The summed E-state index contributed by atoms with van der Waals surface area (Å²) in [7, 11) is 1.76. The molecule has 2 aliphatic heterocycles. The van der Waals surface area contributed by atoms with Crippen molar-refractivity contribution in [2.45, 2.75) is 39.2 Å². The molecule has 0 spiro atoms. The number of anilines is 1. The molecule has 0 aliphatic carbocycles. The number of rotatable bonds is 8. The number of halogens is 1. The van der Waals surface area contributed by atoms with Crippen LogP contribution in [0.15, 0.2) is 36.4 Å². The third-order valence-corrected chi connectivity index (χ3v) is 7.35. The molecule has 180 valence electrons. The molecule has 34 heavy (non-hydrogen) atoms. The summed E-state index contributed by atoms with van der Waals surface area (Å²) in [6, 6.07) is 12.9. The zero-order chi connectivity index (χ0) is 23.5. The van der Waals surface area contributed by atoms with Gasteiger partial charge < -0.3 is 14.4 Å². The van der Waals surface area contributed by atoms with Crippen molar-refractivity contribution in [2.75, 3.05) is 51.4 Å². The molecule has 1 aromatic heterocycles. The van der Waals surface area contributed by atoms with Crippen molar-refractivity contribution >= 4 is 28.2 Å². The van der Waals surface area contributed by atoms with Crippen molar-refractivity contribution in [1.82, 2.24) is 9.88 Å². The lowest BCUT2D eigenvalue weighted by atomic mass is 9.89. The van der Waals surface area contributed by atoms with Crippen molar-refractivity contribution in [3.63, 3.8) is 0 Å². The number of morpholine rings is 1. The van der Waals surface area contributed by atoms with Crippen molar-refractivity contribution < 1.29 is 9.47 Å². The Morgan fingerprint density at radius 1 is 1.09 bits per heavy atom. The van der Waals surface area contributed by atoms with Crippen molar-refractivity contribution in [3.8, 4) is 16.9 Å². The van der Waals surface area contributed by atoms with E-state index in [1.54, 1.807) is 7.11 Å². The smallest absolute Gasteiger partial charge is 0.139 e. The highest BCUT2D eigenvalue weighted by molar-refractivity contribution is 6.34. The Bertz CT molecular complexity index is 1160. The lowest BCUT2D eigenvalue weighted by Gasteiger charge is -2.35. The van der Waals surface area contributed by atoms with Gasteiger partial charge in [-0.2, -0.15) is 0 Å². The number of pyridine rings is 1. The fourth-order valence-electron chi connectivity index (χ4n) is 5.31. The van der Waals surface area contributed by atoms with Crippen molar-refractivity contribution in [1.29, 1.82) is 0 Å². The molecule has 5 nitrogen and oxygen atoms in total. The maximum absolute atomic E-state index is 6.89. The Hall–Kier alpha value is -2.34. The third kappa shape index (κ3) is 4.61. The molecular formula is C28H34ClN3O2. The van der Waals surface area contributed by atoms with E-state index in [0.29, 0.717) is 5.15 Å². The largest absolute Gasteiger partial charge is 0.496 e. The molecule has 0 radical (unpaired) electrons. The molecule has 0 saturated carbocycles. The first-order valence-electron chi connectivity index (χ1n) is 12.5. The second-order valence-corrected chi connectivity index (χ2v) is 9.66. The average Bonchev–Trinajstić information content (AvgIpc) is 2.87. The fraction of sp³-hybridized carbons (Fsp3) is 0.464. The highest BCUT2D eigenvalue weighted by Gasteiger charge is 2.29. The van der Waals surface area contributed by atoms with Crippen LogP contribution in [-0.2, 0) is 17.7 Å². The summed E-state index contributed by atoms with van der Waals surface area (Å²) in [5, 5.41) is 1.73. The molecule has 3 aromatic rings. The van der Waals surface area contributed by atoms with Gasteiger partial charge in [0.05, 0.1) is 31.5 Å². The van der Waals surface area contributed by atoms with Gasteiger partial charge in [-0.3, -0.25) is 4.90 Å². The number of benzene rings is 2. The normalized spacial score (nSPS) is 15.9. The van der Waals surface area contributed by atoms with E-state index < -0.39 is 0 Å². The average molecular weight is 480 g/mol. The molecule has 0 bridgehead atoms. The minimum Gasteiger partial charge on any atom is -0.496 e. The summed E-state index contributed by atoms with van der Waals surface area (Å²) in [4.78, 5) is 9.80. The van der Waals surface area contributed by atoms with E-state index in [4.69, 9.17) is 26.1 Å². The molecule has 0 unspecified atom stereocenters. The number of unbranched alkanes of at least 4 members (excludes halogenated alkanes) is 1. The number of ether oxygens (including phenoxy) is 2. The number of hydrogen-bond donors (Lipinski definition) is 0. The zero-order valence-electron chi connectivity index (χ0n) is 20.3. The molecule has 0 amide bonds. The first-order chi connectivity index (χ1) is 16.7. The van der Waals surface area contributed by atoms with E-state index in [-0.39, 0.29) is 0 Å². The Labute approximate surface area is 207 Å². The monoisotopic (exact) mass is 479 g/mol. The Kier molecular flexibility index (Phi) is 7.23. The van der Waals surface area contributed by atoms with Crippen LogP contribution in [-0.4, -0.2) is 56.4 Å². The van der Waals surface area contributed by atoms with Gasteiger partial charge >= 0.3 is 0 Å². The number of aromatic nitrogens is 1. The van der Waals surface area contributed by atoms with Gasteiger partial charge in [-0.15, -0.1) is 0 Å². The summed E-state index contributed by atoms with van der Waals surface area (Å²) in [6.45, 7) is 8.90. The molecular weight excluding hydrogens is 446 g/mol. The number of nitrogens with zero attached hydrogens (tertiary/aromatic N) is 3. The highest BCUT2D eigenvalue weighted by Crippen LogP contribution is 2.48. The summed E-state index contributed by atoms with van der Waals surface area (Å²) >= 11 is 6.89. The fourth-order valence-corrected chi connectivity index (χ4v) is 5.59. The highest BCUT2D eigenvalue weighted by atomic mass is 35.5. The summed E-state index contributed by atoms with van der Waals surface area (Å²) in [6.07, 6.45) is 4.45. The second-order valence-electron chi connectivity index (χ2n) is 9.30. The third-order valence-electron chi connectivity index (χ3n) is 7.08. The maximum atomic E-state index is 6.89. The van der Waals surface area contributed by atoms with Crippen LogP contribution in [0.3, 0.4) is 0 Å². The molecule has 6 heteroatoms. The lowest BCUT2D eigenvalue weighted by Crippen LogP contribution is -2.38. The molecule has 5 rings (SSSR count). The first kappa shape index (κ1) is 23.4. The van der Waals surface area contributed by atoms with E-state index in [9.17, 15) is 0 Å². The van der Waals surface area contributed by atoms with Crippen LogP contribution in [0, 0.1) is 0 Å². The predicted octanol–water partition coefficient (Wildman–Crippen LogP) is 5.95. The van der Waals surface area contributed by atoms with Gasteiger partial charge in [0.15, 0.2) is 0 Å². The summed E-state index contributed by atoms with van der Waals surface area (Å²) in [5.41, 5.74) is 6.93.